The van der Waals surface area contributed by atoms with Crippen LogP contribution in [-0.4, -0.2) is 36.0 Å². The van der Waals surface area contributed by atoms with E-state index in [4.69, 9.17) is 0 Å². The molecular formula is C21H27N3O2. The Hall–Kier alpha value is -2.56. The molecule has 0 aliphatic carbocycles. The molecule has 1 atom stereocenters. The van der Waals surface area contributed by atoms with Crippen LogP contribution in [0.1, 0.15) is 44.7 Å². The number of fused-ring (bicyclic) bond motifs is 1. The van der Waals surface area contributed by atoms with Gasteiger partial charge in [-0.1, -0.05) is 42.5 Å². The largest absolute Gasteiger partial charge is 0.354 e. The molecule has 1 aliphatic heterocycles. The van der Waals surface area contributed by atoms with Crippen LogP contribution in [0.2, 0.25) is 0 Å². The Kier molecular flexibility index (Phi) is 5.76. The van der Waals surface area contributed by atoms with Crippen LogP contribution in [0.5, 0.6) is 0 Å². The second kappa shape index (κ2) is 8.21. The van der Waals surface area contributed by atoms with Crippen molar-refractivity contribution in [3.05, 3.63) is 48.0 Å². The Bertz CT molecular complexity index is 782. The molecule has 5 nitrogen and oxygen atoms in total. The number of rotatable bonds is 5. The van der Waals surface area contributed by atoms with Crippen LogP contribution >= 0.6 is 0 Å². The monoisotopic (exact) mass is 353 g/mol. The molecule has 1 unspecified atom stereocenters. The molecule has 1 heterocycles. The first-order valence-electron chi connectivity index (χ1n) is 9.38. The minimum atomic E-state index is -0.0854. The number of hydrogen-bond acceptors (Lipinski definition) is 2. The van der Waals surface area contributed by atoms with Crippen molar-refractivity contribution in [2.24, 2.45) is 0 Å². The van der Waals surface area contributed by atoms with Crippen molar-refractivity contribution in [1.29, 1.82) is 0 Å². The molecule has 3 rings (SSSR count). The molecule has 0 aromatic heterocycles. The minimum absolute atomic E-state index is 0.0349. The van der Waals surface area contributed by atoms with Crippen LogP contribution in [0.25, 0.3) is 10.8 Å². The number of nitrogens with zero attached hydrogens (tertiary/aromatic N) is 1. The van der Waals surface area contributed by atoms with E-state index in [9.17, 15) is 9.59 Å². The highest BCUT2D eigenvalue weighted by molar-refractivity contribution is 5.87. The van der Waals surface area contributed by atoms with Gasteiger partial charge in [-0.05, 0) is 43.0 Å². The summed E-state index contributed by atoms with van der Waals surface area (Å²) < 4.78 is 0. The van der Waals surface area contributed by atoms with Gasteiger partial charge in [0.05, 0.1) is 6.04 Å². The summed E-state index contributed by atoms with van der Waals surface area (Å²) in [7, 11) is 0. The van der Waals surface area contributed by atoms with Gasteiger partial charge in [0.1, 0.15) is 0 Å². The number of urea groups is 1. The SMILES string of the molecule is CC(C)NC(=O)CCNC(=O)N1CCCC1c1cccc2ccccc12. The van der Waals surface area contributed by atoms with Gasteiger partial charge >= 0.3 is 6.03 Å². The van der Waals surface area contributed by atoms with Gasteiger partial charge in [-0.25, -0.2) is 4.79 Å². The van der Waals surface area contributed by atoms with Crippen LogP contribution in [0.15, 0.2) is 42.5 Å². The summed E-state index contributed by atoms with van der Waals surface area (Å²) in [6, 6.07) is 14.7. The zero-order valence-corrected chi connectivity index (χ0v) is 15.5. The van der Waals surface area contributed by atoms with E-state index in [1.807, 2.05) is 30.9 Å². The minimum Gasteiger partial charge on any atom is -0.354 e. The molecule has 26 heavy (non-hydrogen) atoms. The average molecular weight is 353 g/mol. The Balaban J connectivity index is 1.66. The molecule has 2 aromatic rings. The van der Waals surface area contributed by atoms with Gasteiger partial charge in [-0.15, -0.1) is 0 Å². The summed E-state index contributed by atoms with van der Waals surface area (Å²) in [6.07, 6.45) is 2.26. The first-order valence-corrected chi connectivity index (χ1v) is 9.38. The van der Waals surface area contributed by atoms with E-state index < -0.39 is 0 Å². The first-order chi connectivity index (χ1) is 12.6. The molecule has 2 aromatic carbocycles. The van der Waals surface area contributed by atoms with Gasteiger partial charge in [0.2, 0.25) is 5.91 Å². The number of hydrogen-bond donors (Lipinski definition) is 2. The number of benzene rings is 2. The number of carbonyl (C=O) groups is 2. The molecule has 5 heteroatoms. The van der Waals surface area contributed by atoms with Crippen molar-refractivity contribution < 1.29 is 9.59 Å². The van der Waals surface area contributed by atoms with Crippen molar-refractivity contribution in [2.75, 3.05) is 13.1 Å². The summed E-state index contributed by atoms with van der Waals surface area (Å²) >= 11 is 0. The second-order valence-electron chi connectivity index (χ2n) is 7.12. The Morgan fingerprint density at radius 2 is 1.92 bits per heavy atom. The van der Waals surface area contributed by atoms with Crippen molar-refractivity contribution >= 4 is 22.7 Å². The van der Waals surface area contributed by atoms with Crippen molar-refractivity contribution in [2.45, 2.75) is 45.2 Å². The Labute approximate surface area is 154 Å². The van der Waals surface area contributed by atoms with Crippen LogP contribution in [0.3, 0.4) is 0 Å². The lowest BCUT2D eigenvalue weighted by molar-refractivity contribution is -0.121. The number of nitrogens with one attached hydrogen (secondary N) is 2. The van der Waals surface area contributed by atoms with E-state index in [0.717, 1.165) is 19.4 Å². The van der Waals surface area contributed by atoms with Crippen LogP contribution in [0.4, 0.5) is 4.79 Å². The number of carbonyl (C=O) groups excluding carboxylic acids is 2. The fourth-order valence-electron chi connectivity index (χ4n) is 3.65. The summed E-state index contributed by atoms with van der Waals surface area (Å²) in [4.78, 5) is 26.3. The van der Waals surface area contributed by atoms with E-state index in [1.165, 1.54) is 16.3 Å². The lowest BCUT2D eigenvalue weighted by Gasteiger charge is -2.26. The topological polar surface area (TPSA) is 61.4 Å². The molecule has 0 saturated carbocycles. The molecule has 1 fully saturated rings. The maximum atomic E-state index is 12.7. The summed E-state index contributed by atoms with van der Waals surface area (Å²) in [5.74, 6) is -0.0349. The highest BCUT2D eigenvalue weighted by Gasteiger charge is 2.30. The second-order valence-corrected chi connectivity index (χ2v) is 7.12. The molecule has 3 amide bonds. The zero-order chi connectivity index (χ0) is 18.5. The van der Waals surface area contributed by atoms with Gasteiger partial charge in [-0.3, -0.25) is 4.79 Å². The molecule has 0 radical (unpaired) electrons. The van der Waals surface area contributed by atoms with E-state index in [2.05, 4.69) is 41.0 Å². The van der Waals surface area contributed by atoms with Gasteiger partial charge < -0.3 is 15.5 Å². The first kappa shape index (κ1) is 18.2. The predicted molar refractivity (Wildman–Crippen MR) is 104 cm³/mol. The van der Waals surface area contributed by atoms with Crippen LogP contribution in [-0.2, 0) is 4.79 Å². The highest BCUT2D eigenvalue weighted by atomic mass is 16.2. The van der Waals surface area contributed by atoms with Gasteiger partial charge in [0.15, 0.2) is 0 Å². The smallest absolute Gasteiger partial charge is 0.317 e. The van der Waals surface area contributed by atoms with Crippen LogP contribution in [0, 0.1) is 0 Å². The van der Waals surface area contributed by atoms with E-state index in [1.54, 1.807) is 0 Å². The third-order valence-electron chi connectivity index (χ3n) is 4.77. The Morgan fingerprint density at radius 1 is 1.15 bits per heavy atom. The third-order valence-corrected chi connectivity index (χ3v) is 4.77. The number of likely N-dealkylation sites (tertiary alicyclic amines) is 1. The fraction of sp³-hybridized carbons (Fsp3) is 0.429. The highest BCUT2D eigenvalue weighted by Crippen LogP contribution is 2.35. The predicted octanol–water partition coefficient (Wildman–Crippen LogP) is 3.60. The normalized spacial score (nSPS) is 16.9. The van der Waals surface area contributed by atoms with Crippen molar-refractivity contribution in [1.82, 2.24) is 15.5 Å². The van der Waals surface area contributed by atoms with Gasteiger partial charge in [0.25, 0.3) is 0 Å². The molecule has 0 spiro atoms. The molecule has 0 bridgehead atoms. The molecule has 138 valence electrons. The summed E-state index contributed by atoms with van der Waals surface area (Å²) in [5, 5.41) is 8.14. The molecular weight excluding hydrogens is 326 g/mol. The lowest BCUT2D eigenvalue weighted by Crippen LogP contribution is -2.41. The lowest BCUT2D eigenvalue weighted by atomic mass is 9.97. The number of amides is 3. The average Bonchev–Trinajstić information content (AvgIpc) is 3.10. The third kappa shape index (κ3) is 4.15. The van der Waals surface area contributed by atoms with E-state index in [-0.39, 0.29) is 24.0 Å². The van der Waals surface area contributed by atoms with E-state index >= 15 is 0 Å². The van der Waals surface area contributed by atoms with Crippen molar-refractivity contribution in [3.63, 3.8) is 0 Å². The maximum Gasteiger partial charge on any atom is 0.317 e. The standard InChI is InChI=1S/C21H27N3O2/c1-15(2)23-20(25)12-13-22-21(26)24-14-6-11-19(24)18-10-5-8-16-7-3-4-9-17(16)18/h3-5,7-10,15,19H,6,11-14H2,1-2H3,(H,22,26)(H,23,25). The Morgan fingerprint density at radius 3 is 2.73 bits per heavy atom. The summed E-state index contributed by atoms with van der Waals surface area (Å²) in [5.41, 5.74) is 1.20. The molecule has 2 N–H and O–H groups in total. The van der Waals surface area contributed by atoms with Gasteiger partial charge in [0, 0.05) is 25.6 Å². The summed E-state index contributed by atoms with van der Waals surface area (Å²) in [6.45, 7) is 4.96. The fourth-order valence-corrected chi connectivity index (χ4v) is 3.65. The zero-order valence-electron chi connectivity index (χ0n) is 15.5. The van der Waals surface area contributed by atoms with Gasteiger partial charge in [-0.2, -0.15) is 0 Å². The van der Waals surface area contributed by atoms with Crippen LogP contribution < -0.4 is 10.6 Å². The van der Waals surface area contributed by atoms with Crippen molar-refractivity contribution in [3.8, 4) is 0 Å². The van der Waals surface area contributed by atoms with E-state index in [0.29, 0.717) is 13.0 Å². The molecule has 1 aliphatic rings. The molecule has 1 saturated heterocycles. The quantitative estimate of drug-likeness (QED) is 0.863. The maximum absolute atomic E-state index is 12.7.